The van der Waals surface area contributed by atoms with Gasteiger partial charge in [0.15, 0.2) is 0 Å². The maximum atomic E-state index is 6.01. The standard InChI is InChI=1S/C16H17BrClNO/c1-19(10-12-4-3-5-14(18)8-12)11-13-9-15(20-2)6-7-16(13)17/h3-9H,10-11H2,1-2H3. The quantitative estimate of drug-likeness (QED) is 0.769. The molecule has 0 unspecified atom stereocenters. The van der Waals surface area contributed by atoms with Gasteiger partial charge in [-0.15, -0.1) is 0 Å². The third-order valence-electron chi connectivity index (χ3n) is 3.03. The highest BCUT2D eigenvalue weighted by Gasteiger charge is 2.07. The van der Waals surface area contributed by atoms with E-state index < -0.39 is 0 Å². The van der Waals surface area contributed by atoms with Crippen molar-refractivity contribution in [3.8, 4) is 5.75 Å². The van der Waals surface area contributed by atoms with Gasteiger partial charge in [0.05, 0.1) is 7.11 Å². The van der Waals surface area contributed by atoms with Crippen LogP contribution in [0.4, 0.5) is 0 Å². The molecule has 0 aliphatic heterocycles. The van der Waals surface area contributed by atoms with Crippen molar-refractivity contribution in [2.24, 2.45) is 0 Å². The highest BCUT2D eigenvalue weighted by Crippen LogP contribution is 2.24. The van der Waals surface area contributed by atoms with E-state index in [9.17, 15) is 0 Å². The zero-order valence-electron chi connectivity index (χ0n) is 11.6. The molecule has 0 bridgehead atoms. The van der Waals surface area contributed by atoms with Crippen LogP contribution in [0.3, 0.4) is 0 Å². The maximum absolute atomic E-state index is 6.01. The molecule has 0 saturated heterocycles. The van der Waals surface area contributed by atoms with Crippen LogP contribution in [0.2, 0.25) is 5.02 Å². The Labute approximate surface area is 133 Å². The van der Waals surface area contributed by atoms with Gasteiger partial charge in [-0.3, -0.25) is 4.90 Å². The minimum atomic E-state index is 0.776. The first kappa shape index (κ1) is 15.4. The zero-order chi connectivity index (χ0) is 14.5. The lowest BCUT2D eigenvalue weighted by molar-refractivity contribution is 0.317. The second-order valence-corrected chi connectivity index (χ2v) is 6.05. The number of methoxy groups -OCH3 is 1. The highest BCUT2D eigenvalue weighted by molar-refractivity contribution is 9.10. The first-order chi connectivity index (χ1) is 9.58. The first-order valence-corrected chi connectivity index (χ1v) is 7.51. The Morgan fingerprint density at radius 3 is 2.65 bits per heavy atom. The van der Waals surface area contributed by atoms with E-state index in [0.29, 0.717) is 0 Å². The molecule has 0 amide bonds. The van der Waals surface area contributed by atoms with E-state index >= 15 is 0 Å². The van der Waals surface area contributed by atoms with Crippen LogP contribution in [-0.2, 0) is 13.1 Å². The number of halogens is 2. The molecule has 0 aliphatic rings. The van der Waals surface area contributed by atoms with Crippen molar-refractivity contribution in [2.45, 2.75) is 13.1 Å². The summed E-state index contributed by atoms with van der Waals surface area (Å²) in [4.78, 5) is 2.24. The number of nitrogens with zero attached hydrogens (tertiary/aromatic N) is 1. The Bertz CT molecular complexity index is 588. The van der Waals surface area contributed by atoms with Gasteiger partial charge < -0.3 is 4.74 Å². The topological polar surface area (TPSA) is 12.5 Å². The molecular formula is C16H17BrClNO. The fraction of sp³-hybridized carbons (Fsp3) is 0.250. The van der Waals surface area contributed by atoms with E-state index in [1.54, 1.807) is 7.11 Å². The summed E-state index contributed by atoms with van der Waals surface area (Å²) in [5.74, 6) is 0.874. The van der Waals surface area contributed by atoms with Gasteiger partial charge in [-0.2, -0.15) is 0 Å². The summed E-state index contributed by atoms with van der Waals surface area (Å²) in [6, 6.07) is 14.0. The molecule has 0 aromatic heterocycles. The molecule has 2 aromatic carbocycles. The lowest BCUT2D eigenvalue weighted by Crippen LogP contribution is -2.17. The fourth-order valence-corrected chi connectivity index (χ4v) is 2.68. The SMILES string of the molecule is COc1ccc(Br)c(CN(C)Cc2cccc(Cl)c2)c1. The first-order valence-electron chi connectivity index (χ1n) is 6.34. The minimum absolute atomic E-state index is 0.776. The van der Waals surface area contributed by atoms with E-state index in [1.807, 2.05) is 30.3 Å². The van der Waals surface area contributed by atoms with Gasteiger partial charge in [0.1, 0.15) is 5.75 Å². The van der Waals surface area contributed by atoms with Crippen LogP contribution in [0.5, 0.6) is 5.75 Å². The molecule has 2 nitrogen and oxygen atoms in total. The molecule has 0 radical (unpaired) electrons. The van der Waals surface area contributed by atoms with Crippen molar-refractivity contribution >= 4 is 27.5 Å². The van der Waals surface area contributed by atoms with Crippen molar-refractivity contribution in [3.05, 3.63) is 63.1 Å². The predicted octanol–water partition coefficient (Wildman–Crippen LogP) is 4.74. The van der Waals surface area contributed by atoms with E-state index in [-0.39, 0.29) is 0 Å². The largest absolute Gasteiger partial charge is 0.497 e. The van der Waals surface area contributed by atoms with Gasteiger partial charge in [-0.05, 0) is 48.5 Å². The van der Waals surface area contributed by atoms with Crippen LogP contribution in [0, 0.1) is 0 Å². The molecule has 4 heteroatoms. The monoisotopic (exact) mass is 353 g/mol. The highest BCUT2D eigenvalue weighted by atomic mass is 79.9. The van der Waals surface area contributed by atoms with Gasteiger partial charge in [-0.1, -0.05) is 39.7 Å². The van der Waals surface area contributed by atoms with Crippen molar-refractivity contribution < 1.29 is 4.74 Å². The Kier molecular flexibility index (Phi) is 5.46. The molecule has 0 aliphatic carbocycles. The average molecular weight is 355 g/mol. The zero-order valence-corrected chi connectivity index (χ0v) is 13.9. The predicted molar refractivity (Wildman–Crippen MR) is 87.3 cm³/mol. The number of ether oxygens (including phenoxy) is 1. The summed E-state index contributed by atoms with van der Waals surface area (Å²) < 4.78 is 6.36. The molecule has 2 rings (SSSR count). The van der Waals surface area contributed by atoms with Gasteiger partial charge >= 0.3 is 0 Å². The van der Waals surface area contributed by atoms with Crippen molar-refractivity contribution in [2.75, 3.05) is 14.2 Å². The van der Waals surface area contributed by atoms with Crippen LogP contribution in [0.1, 0.15) is 11.1 Å². The van der Waals surface area contributed by atoms with Crippen molar-refractivity contribution in [1.29, 1.82) is 0 Å². The molecule has 0 spiro atoms. The van der Waals surface area contributed by atoms with Gasteiger partial charge in [-0.25, -0.2) is 0 Å². The van der Waals surface area contributed by atoms with Crippen LogP contribution >= 0.6 is 27.5 Å². The van der Waals surface area contributed by atoms with Gasteiger partial charge in [0, 0.05) is 22.6 Å². The summed E-state index contributed by atoms with van der Waals surface area (Å²) in [5.41, 5.74) is 2.41. The summed E-state index contributed by atoms with van der Waals surface area (Å²) in [5, 5.41) is 0.776. The van der Waals surface area contributed by atoms with Gasteiger partial charge in [0.25, 0.3) is 0 Å². The molecule has 0 saturated carbocycles. The molecule has 0 fully saturated rings. The lowest BCUT2D eigenvalue weighted by Gasteiger charge is -2.18. The molecule has 0 heterocycles. The number of rotatable bonds is 5. The molecule has 0 N–H and O–H groups in total. The molecule has 20 heavy (non-hydrogen) atoms. The summed E-state index contributed by atoms with van der Waals surface area (Å²) in [6.45, 7) is 1.69. The second kappa shape index (κ2) is 7.11. The van der Waals surface area contributed by atoms with Crippen LogP contribution in [-0.4, -0.2) is 19.1 Å². The summed E-state index contributed by atoms with van der Waals surface area (Å²) in [7, 11) is 3.77. The van der Waals surface area contributed by atoms with Crippen LogP contribution < -0.4 is 4.74 Å². The Balaban J connectivity index is 2.06. The molecule has 0 atom stereocenters. The van der Waals surface area contributed by atoms with E-state index in [4.69, 9.17) is 16.3 Å². The van der Waals surface area contributed by atoms with Crippen molar-refractivity contribution in [3.63, 3.8) is 0 Å². The summed E-state index contributed by atoms with van der Waals surface area (Å²) in [6.07, 6.45) is 0. The van der Waals surface area contributed by atoms with Crippen LogP contribution in [0.25, 0.3) is 0 Å². The van der Waals surface area contributed by atoms with E-state index in [1.165, 1.54) is 11.1 Å². The third-order valence-corrected chi connectivity index (χ3v) is 4.04. The molecule has 106 valence electrons. The smallest absolute Gasteiger partial charge is 0.119 e. The van der Waals surface area contributed by atoms with Crippen LogP contribution in [0.15, 0.2) is 46.9 Å². The fourth-order valence-electron chi connectivity index (χ4n) is 2.09. The lowest BCUT2D eigenvalue weighted by atomic mass is 10.1. The normalized spacial score (nSPS) is 10.8. The van der Waals surface area contributed by atoms with Crippen molar-refractivity contribution in [1.82, 2.24) is 4.90 Å². The average Bonchev–Trinajstić information content (AvgIpc) is 2.41. The molecule has 2 aromatic rings. The van der Waals surface area contributed by atoms with E-state index in [0.717, 1.165) is 28.3 Å². The van der Waals surface area contributed by atoms with E-state index in [2.05, 4.69) is 40.0 Å². The Morgan fingerprint density at radius 1 is 1.15 bits per heavy atom. The minimum Gasteiger partial charge on any atom is -0.497 e. The number of benzene rings is 2. The maximum Gasteiger partial charge on any atom is 0.119 e. The summed E-state index contributed by atoms with van der Waals surface area (Å²) >= 11 is 9.59. The Hall–Kier alpha value is -1.03. The second-order valence-electron chi connectivity index (χ2n) is 4.76. The molecular weight excluding hydrogens is 338 g/mol. The number of hydrogen-bond acceptors (Lipinski definition) is 2. The number of hydrogen-bond donors (Lipinski definition) is 0. The third kappa shape index (κ3) is 4.23. The Morgan fingerprint density at radius 2 is 1.95 bits per heavy atom. The van der Waals surface area contributed by atoms with Gasteiger partial charge in [0.2, 0.25) is 0 Å².